The van der Waals surface area contributed by atoms with Gasteiger partial charge in [0.05, 0.1) is 5.69 Å². The first-order valence-corrected chi connectivity index (χ1v) is 4.20. The summed E-state index contributed by atoms with van der Waals surface area (Å²) in [6.45, 7) is 0.281. The second kappa shape index (κ2) is 2.83. The van der Waals surface area contributed by atoms with Crippen molar-refractivity contribution < 1.29 is 5.11 Å². The molecule has 3 nitrogen and oxygen atoms in total. The van der Waals surface area contributed by atoms with Crippen molar-refractivity contribution in [2.75, 3.05) is 6.61 Å². The summed E-state index contributed by atoms with van der Waals surface area (Å²) in [7, 11) is 0. The summed E-state index contributed by atoms with van der Waals surface area (Å²) in [5.41, 5.74) is 1.14. The third-order valence-corrected chi connectivity index (χ3v) is 2.47. The Kier molecular flexibility index (Phi) is 1.81. The Morgan fingerprint density at radius 2 is 2.25 bits per heavy atom. The smallest absolute Gasteiger partial charge is 0.0593 e. The van der Waals surface area contributed by atoms with Crippen LogP contribution in [0, 0.1) is 5.41 Å². The van der Waals surface area contributed by atoms with Gasteiger partial charge < -0.3 is 5.11 Å². The van der Waals surface area contributed by atoms with Crippen LogP contribution >= 0.6 is 0 Å². The number of hydrogen-bond acceptors (Lipinski definition) is 3. The molecular formula is C9H12N2O. The van der Waals surface area contributed by atoms with E-state index < -0.39 is 0 Å². The van der Waals surface area contributed by atoms with Crippen molar-refractivity contribution in [1.82, 2.24) is 9.97 Å². The highest BCUT2D eigenvalue weighted by molar-refractivity contribution is 5.05. The lowest BCUT2D eigenvalue weighted by molar-refractivity contribution is 0.210. The summed E-state index contributed by atoms with van der Waals surface area (Å²) in [5, 5.41) is 9.07. The first-order chi connectivity index (χ1) is 5.85. The van der Waals surface area contributed by atoms with Crippen molar-refractivity contribution in [3.63, 3.8) is 0 Å². The molecule has 1 heterocycles. The van der Waals surface area contributed by atoms with Crippen LogP contribution in [0.25, 0.3) is 0 Å². The topological polar surface area (TPSA) is 46.0 Å². The largest absolute Gasteiger partial charge is 0.396 e. The van der Waals surface area contributed by atoms with E-state index in [-0.39, 0.29) is 12.0 Å². The summed E-state index contributed by atoms with van der Waals surface area (Å²) < 4.78 is 0. The molecule has 64 valence electrons. The number of aromatic nitrogens is 2. The maximum atomic E-state index is 9.07. The number of aliphatic hydroxyl groups is 1. The van der Waals surface area contributed by atoms with Crippen LogP contribution in [0.2, 0.25) is 0 Å². The van der Waals surface area contributed by atoms with Crippen LogP contribution in [0.3, 0.4) is 0 Å². The number of nitrogens with zero attached hydrogens (tertiary/aromatic N) is 2. The fourth-order valence-corrected chi connectivity index (χ4v) is 1.37. The predicted octanol–water partition coefficient (Wildman–Crippen LogP) is 0.792. The van der Waals surface area contributed by atoms with Crippen molar-refractivity contribution in [2.45, 2.75) is 19.3 Å². The van der Waals surface area contributed by atoms with E-state index in [2.05, 4.69) is 9.97 Å². The molecule has 0 bridgehead atoms. The molecule has 1 N–H and O–H groups in total. The van der Waals surface area contributed by atoms with Gasteiger partial charge in [0.15, 0.2) is 0 Å². The van der Waals surface area contributed by atoms with Gasteiger partial charge in [-0.2, -0.15) is 0 Å². The molecule has 1 aromatic heterocycles. The van der Waals surface area contributed by atoms with Crippen molar-refractivity contribution in [3.8, 4) is 0 Å². The SMILES string of the molecule is OCC1(Cc2cnccn2)CC1. The Hall–Kier alpha value is -0.960. The molecular weight excluding hydrogens is 152 g/mol. The van der Waals surface area contributed by atoms with Crippen molar-refractivity contribution in [3.05, 3.63) is 24.3 Å². The summed E-state index contributed by atoms with van der Waals surface area (Å²) in [6.07, 6.45) is 8.26. The molecule has 0 aliphatic heterocycles. The molecule has 1 saturated carbocycles. The lowest BCUT2D eigenvalue weighted by atomic mass is 10.0. The van der Waals surface area contributed by atoms with E-state index in [0.29, 0.717) is 0 Å². The van der Waals surface area contributed by atoms with Crippen LogP contribution in [0.15, 0.2) is 18.6 Å². The normalized spacial score (nSPS) is 19.1. The van der Waals surface area contributed by atoms with Crippen LogP contribution in [0.5, 0.6) is 0 Å². The second-order valence-corrected chi connectivity index (χ2v) is 3.53. The number of rotatable bonds is 3. The Morgan fingerprint density at radius 3 is 2.75 bits per heavy atom. The zero-order valence-corrected chi connectivity index (χ0v) is 6.90. The van der Waals surface area contributed by atoms with Gasteiger partial charge in [-0.3, -0.25) is 9.97 Å². The first-order valence-electron chi connectivity index (χ1n) is 4.20. The van der Waals surface area contributed by atoms with Crippen molar-refractivity contribution in [2.24, 2.45) is 5.41 Å². The Morgan fingerprint density at radius 1 is 1.42 bits per heavy atom. The Balaban J connectivity index is 2.04. The molecule has 2 rings (SSSR count). The summed E-state index contributed by atoms with van der Waals surface area (Å²) >= 11 is 0. The van der Waals surface area contributed by atoms with E-state index in [4.69, 9.17) is 5.11 Å². The Bertz CT molecular complexity index is 256. The van der Waals surface area contributed by atoms with Crippen molar-refractivity contribution >= 4 is 0 Å². The molecule has 3 heteroatoms. The third kappa shape index (κ3) is 1.46. The van der Waals surface area contributed by atoms with Gasteiger partial charge in [-0.25, -0.2) is 0 Å². The van der Waals surface area contributed by atoms with E-state index >= 15 is 0 Å². The van der Waals surface area contributed by atoms with Crippen LogP contribution in [0.1, 0.15) is 18.5 Å². The fourth-order valence-electron chi connectivity index (χ4n) is 1.37. The van der Waals surface area contributed by atoms with E-state index in [9.17, 15) is 0 Å². The van der Waals surface area contributed by atoms with Crippen LogP contribution in [0.4, 0.5) is 0 Å². The molecule has 0 atom stereocenters. The minimum Gasteiger partial charge on any atom is -0.396 e. The van der Waals surface area contributed by atoms with Crippen molar-refractivity contribution in [1.29, 1.82) is 0 Å². The van der Waals surface area contributed by atoms with Gasteiger partial charge >= 0.3 is 0 Å². The standard InChI is InChI=1S/C9H12N2O/c12-7-9(1-2-9)5-8-6-10-3-4-11-8/h3-4,6,12H,1-2,5,7H2. The second-order valence-electron chi connectivity index (χ2n) is 3.53. The van der Waals surface area contributed by atoms with Crippen LogP contribution in [-0.2, 0) is 6.42 Å². The minimum atomic E-state index is 0.149. The lowest BCUT2D eigenvalue weighted by Crippen LogP contribution is -2.11. The maximum Gasteiger partial charge on any atom is 0.0593 e. The molecule has 0 spiro atoms. The highest BCUT2D eigenvalue weighted by Crippen LogP contribution is 2.47. The van der Waals surface area contributed by atoms with E-state index in [1.54, 1.807) is 18.6 Å². The first kappa shape index (κ1) is 7.68. The molecule has 0 aromatic carbocycles. The van der Waals surface area contributed by atoms with Gasteiger partial charge in [0.25, 0.3) is 0 Å². The predicted molar refractivity (Wildman–Crippen MR) is 44.5 cm³/mol. The average molecular weight is 164 g/mol. The third-order valence-electron chi connectivity index (χ3n) is 2.47. The van der Waals surface area contributed by atoms with Crippen LogP contribution < -0.4 is 0 Å². The number of aliphatic hydroxyl groups excluding tert-OH is 1. The van der Waals surface area contributed by atoms with Gasteiger partial charge in [-0.05, 0) is 24.7 Å². The average Bonchev–Trinajstić information content (AvgIpc) is 2.88. The maximum absolute atomic E-state index is 9.07. The molecule has 1 aliphatic carbocycles. The molecule has 0 radical (unpaired) electrons. The molecule has 1 aromatic rings. The minimum absolute atomic E-state index is 0.149. The van der Waals surface area contributed by atoms with E-state index in [1.807, 2.05) is 0 Å². The van der Waals surface area contributed by atoms with Crippen LogP contribution in [-0.4, -0.2) is 21.7 Å². The molecule has 12 heavy (non-hydrogen) atoms. The molecule has 0 amide bonds. The molecule has 1 fully saturated rings. The monoisotopic (exact) mass is 164 g/mol. The highest BCUT2D eigenvalue weighted by Gasteiger charge is 2.42. The summed E-state index contributed by atoms with van der Waals surface area (Å²) in [4.78, 5) is 8.17. The quantitative estimate of drug-likeness (QED) is 0.718. The molecule has 0 saturated heterocycles. The zero-order valence-electron chi connectivity index (χ0n) is 6.90. The number of hydrogen-bond donors (Lipinski definition) is 1. The lowest BCUT2D eigenvalue weighted by Gasteiger charge is -2.09. The van der Waals surface area contributed by atoms with E-state index in [0.717, 1.165) is 25.0 Å². The van der Waals surface area contributed by atoms with Gasteiger partial charge in [-0.15, -0.1) is 0 Å². The summed E-state index contributed by atoms with van der Waals surface area (Å²) in [5.74, 6) is 0. The highest BCUT2D eigenvalue weighted by atomic mass is 16.3. The zero-order chi connectivity index (χ0) is 8.44. The molecule has 0 unspecified atom stereocenters. The summed E-state index contributed by atoms with van der Waals surface area (Å²) in [6, 6.07) is 0. The molecule has 1 aliphatic rings. The van der Waals surface area contributed by atoms with Gasteiger partial charge in [0.2, 0.25) is 0 Å². The van der Waals surface area contributed by atoms with Gasteiger partial charge in [0.1, 0.15) is 0 Å². The van der Waals surface area contributed by atoms with E-state index in [1.165, 1.54) is 0 Å². The van der Waals surface area contributed by atoms with Gasteiger partial charge in [0, 0.05) is 25.2 Å². The fraction of sp³-hybridized carbons (Fsp3) is 0.556. The Labute approximate surface area is 71.5 Å². The van der Waals surface area contributed by atoms with Gasteiger partial charge in [-0.1, -0.05) is 0 Å².